The molecule has 44 heavy (non-hydrogen) atoms. The monoisotopic (exact) mass is 673 g/mol. The molecule has 5 rings (SSSR count). The van der Waals surface area contributed by atoms with E-state index in [2.05, 4.69) is 45.5 Å². The lowest BCUT2D eigenvalue weighted by atomic mass is 10.0. The first-order chi connectivity index (χ1) is 21.3. The van der Waals surface area contributed by atoms with Gasteiger partial charge in [-0.15, -0.1) is 0 Å². The highest BCUT2D eigenvalue weighted by atomic mass is 35.5. The lowest BCUT2D eigenvalue weighted by molar-refractivity contribution is -0.777. The van der Waals surface area contributed by atoms with Crippen LogP contribution >= 0.6 is 35.0 Å². The number of rotatable bonds is 14. The fraction of sp³-hybridized carbons (Fsp3) is 0.258. The molecule has 0 N–H and O–H groups in total. The van der Waals surface area contributed by atoms with E-state index >= 15 is 0 Å². The van der Waals surface area contributed by atoms with Crippen LogP contribution in [0.1, 0.15) is 31.2 Å². The van der Waals surface area contributed by atoms with E-state index in [1.165, 1.54) is 0 Å². The highest BCUT2D eigenvalue weighted by molar-refractivity contribution is 7.94. The van der Waals surface area contributed by atoms with Gasteiger partial charge in [0.1, 0.15) is 4.70 Å². The number of ether oxygens (including phenoxy) is 1. The van der Waals surface area contributed by atoms with Crippen molar-refractivity contribution in [2.24, 2.45) is 0 Å². The van der Waals surface area contributed by atoms with Gasteiger partial charge in [-0.05, 0) is 53.8 Å². The van der Waals surface area contributed by atoms with Gasteiger partial charge >= 0.3 is 0 Å². The average molecular weight is 674 g/mol. The van der Waals surface area contributed by atoms with E-state index in [1.807, 2.05) is 59.2 Å². The maximum absolute atomic E-state index is 11.3. The number of nitrogens with zero attached hydrogens (tertiary/aromatic N) is 2. The van der Waals surface area contributed by atoms with Gasteiger partial charge in [-0.1, -0.05) is 66.3 Å². The molecule has 0 aliphatic carbocycles. The minimum absolute atomic E-state index is 0.188. The zero-order valence-corrected chi connectivity index (χ0v) is 27.0. The summed E-state index contributed by atoms with van der Waals surface area (Å²) >= 11 is 8.81. The third-order valence-corrected chi connectivity index (χ3v) is 9.76. The van der Waals surface area contributed by atoms with E-state index in [1.54, 1.807) is 11.3 Å². The summed E-state index contributed by atoms with van der Waals surface area (Å²) in [5.74, 6) is 1.50. The number of hydrogen-bond donors (Lipinski definition) is 0. The third-order valence-electron chi connectivity index (χ3n) is 7.02. The van der Waals surface area contributed by atoms with Crippen molar-refractivity contribution in [3.8, 4) is 16.9 Å². The van der Waals surface area contributed by atoms with Crippen LogP contribution < -0.4 is 19.5 Å². The van der Waals surface area contributed by atoms with Crippen LogP contribution in [0.3, 0.4) is 0 Å². The molecule has 0 amide bonds. The quantitative estimate of drug-likeness (QED) is 0.0383. The fourth-order valence-electron chi connectivity index (χ4n) is 4.96. The Morgan fingerprint density at radius 2 is 1.93 bits per heavy atom. The first-order valence-corrected chi connectivity index (χ1v) is 17.6. The molecule has 2 heterocycles. The third kappa shape index (κ3) is 8.20. The Hall–Kier alpha value is -2.94. The van der Waals surface area contributed by atoms with Crippen LogP contribution in [0.4, 0.5) is 5.69 Å². The summed E-state index contributed by atoms with van der Waals surface area (Å²) in [6.07, 6.45) is 5.64. The summed E-state index contributed by atoms with van der Waals surface area (Å²) in [6, 6.07) is 21.8. The van der Waals surface area contributed by atoms with E-state index in [0.717, 1.165) is 55.4 Å². The summed E-state index contributed by atoms with van der Waals surface area (Å²) in [5.41, 5.74) is 4.96. The molecule has 0 atom stereocenters. The number of halogens is 1. The Bertz CT molecular complexity index is 1780. The molecule has 9 nitrogen and oxygen atoms in total. The number of aromatic nitrogens is 1. The Morgan fingerprint density at radius 1 is 1.11 bits per heavy atom. The highest BCUT2D eigenvalue weighted by Crippen LogP contribution is 2.42. The number of fused-ring (bicyclic) bond motifs is 2. The topological polar surface area (TPSA) is 115 Å². The fourth-order valence-corrected chi connectivity index (χ4v) is 7.11. The molecule has 0 fully saturated rings. The largest absolute Gasteiger partial charge is 0.748 e. The maximum atomic E-state index is 11.3. The number of aryl methyl sites for hydroxylation is 1. The Kier molecular flexibility index (Phi) is 11.0. The first kappa shape index (κ1) is 32.5. The van der Waals surface area contributed by atoms with Gasteiger partial charge in [0.25, 0.3) is 5.01 Å². The van der Waals surface area contributed by atoms with Crippen LogP contribution in [0.25, 0.3) is 27.4 Å². The highest BCUT2D eigenvalue weighted by Gasteiger charge is 2.27. The molecule has 1 aliphatic heterocycles. The molecule has 0 spiro atoms. The van der Waals surface area contributed by atoms with Crippen molar-refractivity contribution >= 4 is 67.1 Å². The molecule has 0 radical (unpaired) electrons. The maximum Gasteiger partial charge on any atom is 0.263 e. The smallest absolute Gasteiger partial charge is 0.263 e. The molecule has 4 aromatic rings. The SMILES string of the molecule is CCC(=Cc1sc2ccc(Cl)cc2[n+]1CCCS(=O)(=O)[O-])C=C1Oc2ccc(-c3ccccc3)cc2N1CCCSOO[O-]. The van der Waals surface area contributed by atoms with Gasteiger partial charge in [0.15, 0.2) is 12.3 Å². The van der Waals surface area contributed by atoms with Crippen molar-refractivity contribution in [2.75, 3.05) is 23.0 Å². The van der Waals surface area contributed by atoms with Crippen LogP contribution in [0.5, 0.6) is 5.75 Å². The molecular weight excluding hydrogens is 644 g/mol. The van der Waals surface area contributed by atoms with Crippen LogP contribution in [0.2, 0.25) is 5.02 Å². The number of allylic oxidation sites excluding steroid dienone is 2. The molecular formula is C31H30ClN2O7S3-. The molecule has 1 aliphatic rings. The van der Waals surface area contributed by atoms with Gasteiger partial charge in [0.2, 0.25) is 11.4 Å². The molecule has 1 aromatic heterocycles. The second-order valence-corrected chi connectivity index (χ2v) is 13.8. The second-order valence-electron chi connectivity index (χ2n) is 9.99. The van der Waals surface area contributed by atoms with Gasteiger partial charge in [0, 0.05) is 59.8 Å². The van der Waals surface area contributed by atoms with E-state index < -0.39 is 15.9 Å². The van der Waals surface area contributed by atoms with Crippen molar-refractivity contribution in [3.63, 3.8) is 0 Å². The van der Waals surface area contributed by atoms with Gasteiger partial charge in [-0.25, -0.2) is 8.42 Å². The molecule has 13 heteroatoms. The van der Waals surface area contributed by atoms with E-state index in [4.69, 9.17) is 16.3 Å². The van der Waals surface area contributed by atoms with Crippen LogP contribution in [0.15, 0.2) is 84.3 Å². The number of thiazole rings is 1. The summed E-state index contributed by atoms with van der Waals surface area (Å²) in [4.78, 5) is 2.11. The molecule has 0 unspecified atom stereocenters. The predicted octanol–water partition coefficient (Wildman–Crippen LogP) is 6.24. The molecule has 0 saturated heterocycles. The number of benzene rings is 3. The van der Waals surface area contributed by atoms with Gasteiger partial charge in [-0.3, -0.25) is 5.04 Å². The predicted molar refractivity (Wildman–Crippen MR) is 172 cm³/mol. The van der Waals surface area contributed by atoms with Crippen molar-refractivity contribution in [1.29, 1.82) is 0 Å². The summed E-state index contributed by atoms with van der Waals surface area (Å²) in [6.45, 7) is 3.01. The Labute approximate surface area is 269 Å². The zero-order valence-electron chi connectivity index (χ0n) is 23.8. The minimum Gasteiger partial charge on any atom is -0.748 e. The average Bonchev–Trinajstić information content (AvgIpc) is 3.52. The van der Waals surface area contributed by atoms with E-state index in [9.17, 15) is 18.2 Å². The van der Waals surface area contributed by atoms with Gasteiger partial charge < -0.3 is 19.4 Å². The summed E-state index contributed by atoms with van der Waals surface area (Å²) in [5, 5.41) is 15.1. The van der Waals surface area contributed by atoms with Crippen molar-refractivity contribution < 1.29 is 36.9 Å². The van der Waals surface area contributed by atoms with E-state index in [-0.39, 0.29) is 6.42 Å². The van der Waals surface area contributed by atoms with Crippen LogP contribution in [-0.2, 0) is 26.0 Å². The minimum atomic E-state index is -4.33. The van der Waals surface area contributed by atoms with Crippen molar-refractivity contribution in [1.82, 2.24) is 0 Å². The van der Waals surface area contributed by atoms with Crippen LogP contribution in [-0.4, -0.2) is 31.0 Å². The second kappa shape index (κ2) is 14.9. The number of hydrogen-bond acceptors (Lipinski definition) is 10. The standard InChI is InChI=1S/C31H31ClN2O7S3/c1-2-22(19-31-34(15-7-17-44(36,37)38)27-21-25(32)11-13-29(27)43-31)18-30-33(14-6-16-42-41-40-35)26-20-24(10-12-28(26)39-30)23-8-4-3-5-9-23/h3-5,8-13,18-21H,2,6-7,14-17H2,1H3,(H-,35,36,37,38)/p-1. The summed E-state index contributed by atoms with van der Waals surface area (Å²) < 4.78 is 47.7. The molecule has 0 saturated carbocycles. The van der Waals surface area contributed by atoms with E-state index in [0.29, 0.717) is 42.6 Å². The molecule has 3 aromatic carbocycles. The van der Waals surface area contributed by atoms with Gasteiger partial charge in [0.05, 0.1) is 15.8 Å². The summed E-state index contributed by atoms with van der Waals surface area (Å²) in [7, 11) is -4.33. The molecule has 232 valence electrons. The van der Waals surface area contributed by atoms with Crippen molar-refractivity contribution in [2.45, 2.75) is 32.7 Å². The Morgan fingerprint density at radius 3 is 2.68 bits per heavy atom. The first-order valence-electron chi connectivity index (χ1n) is 14.0. The van der Waals surface area contributed by atoms with Gasteiger partial charge in [-0.2, -0.15) is 8.90 Å². The normalized spacial score (nSPS) is 14.4. The van der Waals surface area contributed by atoms with Crippen molar-refractivity contribution in [3.05, 3.63) is 94.3 Å². The van der Waals surface area contributed by atoms with Crippen LogP contribution in [0, 0.1) is 0 Å². The number of anilines is 1. The lowest BCUT2D eigenvalue weighted by Gasteiger charge is -2.19. The zero-order chi connectivity index (χ0) is 31.1. The Balaban J connectivity index is 1.49. The molecule has 0 bridgehead atoms. The lowest BCUT2D eigenvalue weighted by Crippen LogP contribution is -2.36.